The van der Waals surface area contributed by atoms with Gasteiger partial charge in [0.25, 0.3) is 0 Å². The van der Waals surface area contributed by atoms with Crippen molar-refractivity contribution in [1.82, 2.24) is 0 Å². The minimum atomic E-state index is 0.267. The minimum Gasteiger partial charge on any atom is -0.507 e. The number of hydrogen-bond acceptors (Lipinski definition) is 2. The first-order chi connectivity index (χ1) is 8.36. The van der Waals surface area contributed by atoms with E-state index in [0.29, 0.717) is 6.54 Å². The first-order valence-electron chi connectivity index (χ1n) is 5.58. The van der Waals surface area contributed by atoms with E-state index in [-0.39, 0.29) is 5.75 Å². The molecule has 3 heteroatoms. The highest BCUT2D eigenvalue weighted by atomic mass is 16.3. The summed E-state index contributed by atoms with van der Waals surface area (Å²) < 4.78 is 2.07. The molecule has 0 aliphatic heterocycles. The molecule has 0 aliphatic carbocycles. The van der Waals surface area contributed by atoms with E-state index in [1.807, 2.05) is 42.7 Å². The Morgan fingerprint density at radius 1 is 1.06 bits per heavy atom. The highest BCUT2D eigenvalue weighted by Gasteiger charge is 1.96. The summed E-state index contributed by atoms with van der Waals surface area (Å²) in [6.45, 7) is 1.54. The second-order valence-electron chi connectivity index (χ2n) is 3.71. The first kappa shape index (κ1) is 11.3. The molecule has 1 N–H and O–H groups in total. The largest absolute Gasteiger partial charge is 0.507 e. The number of phenols is 1. The molecule has 0 saturated carbocycles. The van der Waals surface area contributed by atoms with Crippen LogP contribution in [-0.4, -0.2) is 17.9 Å². The molecule has 0 amide bonds. The van der Waals surface area contributed by atoms with Crippen LogP contribution >= 0.6 is 0 Å². The number of hydrogen-bond donors (Lipinski definition) is 1. The van der Waals surface area contributed by atoms with E-state index in [2.05, 4.69) is 9.56 Å². The van der Waals surface area contributed by atoms with Gasteiger partial charge >= 0.3 is 0 Å². The molecule has 0 fully saturated rings. The lowest BCUT2D eigenvalue weighted by atomic mass is 10.2. The maximum absolute atomic E-state index is 9.53. The maximum atomic E-state index is 9.53. The van der Waals surface area contributed by atoms with Crippen molar-refractivity contribution < 1.29 is 9.67 Å². The Morgan fingerprint density at radius 3 is 2.59 bits per heavy atom. The van der Waals surface area contributed by atoms with Gasteiger partial charge < -0.3 is 5.11 Å². The van der Waals surface area contributed by atoms with Crippen LogP contribution in [0, 0.1) is 0 Å². The summed E-state index contributed by atoms with van der Waals surface area (Å²) in [5.74, 6) is 0.267. The minimum absolute atomic E-state index is 0.267. The number of aliphatic imine (C=N–C) groups is 1. The molecule has 86 valence electrons. The second kappa shape index (κ2) is 5.80. The Kier molecular flexibility index (Phi) is 3.86. The summed E-state index contributed by atoms with van der Waals surface area (Å²) in [5.41, 5.74) is 0.755. The van der Waals surface area contributed by atoms with E-state index in [4.69, 9.17) is 0 Å². The van der Waals surface area contributed by atoms with Crippen molar-refractivity contribution in [2.24, 2.45) is 4.99 Å². The van der Waals surface area contributed by atoms with E-state index in [0.717, 1.165) is 12.1 Å². The van der Waals surface area contributed by atoms with Crippen LogP contribution in [-0.2, 0) is 6.54 Å². The topological polar surface area (TPSA) is 36.5 Å². The molecule has 1 aromatic carbocycles. The SMILES string of the molecule is Oc1ccccc1C=NCC[n+]1ccccc1. The van der Waals surface area contributed by atoms with Crippen LogP contribution in [0.1, 0.15) is 5.56 Å². The Hall–Kier alpha value is -2.16. The number of nitrogens with zero attached hydrogens (tertiary/aromatic N) is 2. The van der Waals surface area contributed by atoms with Crippen molar-refractivity contribution in [3.8, 4) is 5.75 Å². The lowest BCUT2D eigenvalue weighted by Crippen LogP contribution is -2.33. The quantitative estimate of drug-likeness (QED) is 0.627. The predicted octanol–water partition coefficient (Wildman–Crippen LogP) is 1.80. The van der Waals surface area contributed by atoms with Crippen molar-refractivity contribution in [2.75, 3.05) is 6.54 Å². The molecule has 0 spiro atoms. The third-order valence-corrected chi connectivity index (χ3v) is 2.43. The lowest BCUT2D eigenvalue weighted by molar-refractivity contribution is -0.694. The molecule has 2 rings (SSSR count). The summed E-state index contributed by atoms with van der Waals surface area (Å²) in [5, 5.41) is 9.53. The van der Waals surface area contributed by atoms with Crippen LogP contribution in [0.2, 0.25) is 0 Å². The summed E-state index contributed by atoms with van der Waals surface area (Å²) in [4.78, 5) is 4.29. The Bertz CT molecular complexity index is 495. The van der Waals surface area contributed by atoms with Crippen LogP contribution in [0.4, 0.5) is 0 Å². The molecule has 2 aromatic rings. The fraction of sp³-hybridized carbons (Fsp3) is 0.143. The fourth-order valence-electron chi connectivity index (χ4n) is 1.52. The lowest BCUT2D eigenvalue weighted by Gasteiger charge is -1.96. The van der Waals surface area contributed by atoms with Crippen molar-refractivity contribution in [2.45, 2.75) is 6.54 Å². The standard InChI is InChI=1S/C14H14N2O/c17-14-7-3-2-6-13(14)12-15-8-11-16-9-4-1-5-10-16/h1-7,9-10,12H,8,11H2/p+1. The van der Waals surface area contributed by atoms with Gasteiger partial charge in [-0.05, 0) is 12.1 Å². The summed E-state index contributed by atoms with van der Waals surface area (Å²) in [6, 6.07) is 13.2. The van der Waals surface area contributed by atoms with Crippen molar-refractivity contribution in [1.29, 1.82) is 0 Å². The molecule has 0 bridgehead atoms. The van der Waals surface area contributed by atoms with Gasteiger partial charge in [-0.3, -0.25) is 4.99 Å². The van der Waals surface area contributed by atoms with E-state index in [1.165, 1.54) is 0 Å². The second-order valence-corrected chi connectivity index (χ2v) is 3.71. The Morgan fingerprint density at radius 2 is 1.82 bits per heavy atom. The molecule has 0 unspecified atom stereocenters. The number of rotatable bonds is 4. The van der Waals surface area contributed by atoms with E-state index < -0.39 is 0 Å². The molecule has 0 atom stereocenters. The van der Waals surface area contributed by atoms with Gasteiger partial charge in [0.15, 0.2) is 18.9 Å². The van der Waals surface area contributed by atoms with Gasteiger partial charge in [-0.15, -0.1) is 0 Å². The molecule has 17 heavy (non-hydrogen) atoms. The van der Waals surface area contributed by atoms with Crippen molar-refractivity contribution in [3.63, 3.8) is 0 Å². The van der Waals surface area contributed by atoms with E-state index in [9.17, 15) is 5.11 Å². The van der Waals surface area contributed by atoms with Gasteiger partial charge in [-0.25, -0.2) is 4.57 Å². The third kappa shape index (κ3) is 3.41. The molecular weight excluding hydrogens is 212 g/mol. The number of benzene rings is 1. The van der Waals surface area contributed by atoms with Crippen LogP contribution in [0.15, 0.2) is 59.9 Å². The van der Waals surface area contributed by atoms with Crippen molar-refractivity contribution >= 4 is 6.21 Å². The summed E-state index contributed by atoms with van der Waals surface area (Å²) in [7, 11) is 0. The van der Waals surface area contributed by atoms with Crippen LogP contribution in [0.5, 0.6) is 5.75 Å². The van der Waals surface area contributed by atoms with E-state index >= 15 is 0 Å². The highest BCUT2D eigenvalue weighted by Crippen LogP contribution is 2.12. The number of aromatic nitrogens is 1. The number of aromatic hydroxyl groups is 1. The summed E-state index contributed by atoms with van der Waals surface area (Å²) in [6.07, 6.45) is 5.73. The van der Waals surface area contributed by atoms with Crippen molar-refractivity contribution in [3.05, 3.63) is 60.4 Å². The fourth-order valence-corrected chi connectivity index (χ4v) is 1.52. The molecule has 0 saturated heterocycles. The molecule has 1 aromatic heterocycles. The zero-order valence-corrected chi connectivity index (χ0v) is 9.53. The molecule has 3 nitrogen and oxygen atoms in total. The average molecular weight is 227 g/mol. The summed E-state index contributed by atoms with van der Waals surface area (Å²) >= 11 is 0. The van der Waals surface area contributed by atoms with Gasteiger partial charge in [-0.1, -0.05) is 18.2 Å². The van der Waals surface area contributed by atoms with E-state index in [1.54, 1.807) is 18.3 Å². The molecule has 0 aliphatic rings. The molecular formula is C14H15N2O+. The third-order valence-electron chi connectivity index (χ3n) is 2.43. The molecule has 1 heterocycles. The van der Waals surface area contributed by atoms with Crippen LogP contribution in [0.3, 0.4) is 0 Å². The number of pyridine rings is 1. The monoisotopic (exact) mass is 227 g/mol. The van der Waals surface area contributed by atoms with Crippen LogP contribution in [0.25, 0.3) is 0 Å². The van der Waals surface area contributed by atoms with Gasteiger partial charge in [0, 0.05) is 23.9 Å². The van der Waals surface area contributed by atoms with Crippen LogP contribution < -0.4 is 4.57 Å². The number of para-hydroxylation sites is 1. The zero-order valence-electron chi connectivity index (χ0n) is 9.53. The maximum Gasteiger partial charge on any atom is 0.168 e. The predicted molar refractivity (Wildman–Crippen MR) is 67.2 cm³/mol. The first-order valence-corrected chi connectivity index (χ1v) is 5.58. The smallest absolute Gasteiger partial charge is 0.168 e. The van der Waals surface area contributed by atoms with Gasteiger partial charge in [0.2, 0.25) is 0 Å². The Balaban J connectivity index is 1.89. The number of phenolic OH excluding ortho intramolecular Hbond substituents is 1. The Labute approximate surface area is 101 Å². The zero-order chi connectivity index (χ0) is 11.9. The highest BCUT2D eigenvalue weighted by molar-refractivity contribution is 5.83. The average Bonchev–Trinajstić information content (AvgIpc) is 2.38. The normalized spacial score (nSPS) is 10.8. The van der Waals surface area contributed by atoms with Gasteiger partial charge in [-0.2, -0.15) is 0 Å². The molecule has 0 radical (unpaired) electrons. The van der Waals surface area contributed by atoms with Gasteiger partial charge in [0.1, 0.15) is 5.75 Å². The van der Waals surface area contributed by atoms with Gasteiger partial charge in [0.05, 0.1) is 6.54 Å².